The van der Waals surface area contributed by atoms with Crippen LogP contribution in [0.15, 0.2) is 24.3 Å². The quantitative estimate of drug-likeness (QED) is 0.896. The van der Waals surface area contributed by atoms with E-state index in [1.54, 1.807) is 0 Å². The molecule has 0 spiro atoms. The van der Waals surface area contributed by atoms with Crippen LogP contribution < -0.4 is 15.4 Å². The van der Waals surface area contributed by atoms with E-state index in [9.17, 15) is 4.79 Å². The Hall–Kier alpha value is -1.75. The molecule has 0 aromatic heterocycles. The second kappa shape index (κ2) is 6.80. The molecule has 2 amide bonds. The monoisotopic (exact) mass is 292 g/mol. The lowest BCUT2D eigenvalue weighted by molar-refractivity contribution is 0.0680. The minimum absolute atomic E-state index is 0.186. The molecule has 1 aromatic carbocycles. The lowest BCUT2D eigenvalue weighted by Crippen LogP contribution is -2.43. The summed E-state index contributed by atoms with van der Waals surface area (Å²) in [5.41, 5.74) is 0.444. The van der Waals surface area contributed by atoms with Crippen molar-refractivity contribution in [3.05, 3.63) is 24.3 Å². The van der Waals surface area contributed by atoms with Crippen LogP contribution in [-0.2, 0) is 4.74 Å². The number of amides is 2. The number of anilines is 1. The molecule has 1 aliphatic rings. The third kappa shape index (κ3) is 5.63. The lowest BCUT2D eigenvalue weighted by Gasteiger charge is -2.21. The molecule has 1 atom stereocenters. The largest absolute Gasteiger partial charge is 0.491 e. The van der Waals surface area contributed by atoms with Crippen molar-refractivity contribution in [1.29, 1.82) is 0 Å². The van der Waals surface area contributed by atoms with E-state index < -0.39 is 0 Å². The zero-order valence-corrected chi connectivity index (χ0v) is 12.9. The van der Waals surface area contributed by atoms with Gasteiger partial charge < -0.3 is 20.1 Å². The van der Waals surface area contributed by atoms with E-state index in [0.29, 0.717) is 12.3 Å². The van der Waals surface area contributed by atoms with Crippen LogP contribution in [0.5, 0.6) is 5.75 Å². The van der Waals surface area contributed by atoms with Crippen molar-refractivity contribution in [3.8, 4) is 5.75 Å². The van der Waals surface area contributed by atoms with Gasteiger partial charge in [0.05, 0.1) is 6.10 Å². The number of nitrogens with one attached hydrogen (secondary N) is 2. The number of carbonyl (C=O) groups is 1. The fourth-order valence-corrected chi connectivity index (χ4v) is 2.13. The summed E-state index contributed by atoms with van der Waals surface area (Å²) in [6.07, 6.45) is 2.33. The summed E-state index contributed by atoms with van der Waals surface area (Å²) in [4.78, 5) is 11.8. The Morgan fingerprint density at radius 1 is 1.43 bits per heavy atom. The van der Waals surface area contributed by atoms with Crippen LogP contribution in [0.1, 0.15) is 33.6 Å². The number of ether oxygens (including phenoxy) is 2. The average Bonchev–Trinajstić information content (AvgIpc) is 2.87. The van der Waals surface area contributed by atoms with Gasteiger partial charge in [0.2, 0.25) is 0 Å². The van der Waals surface area contributed by atoms with E-state index in [2.05, 4.69) is 10.6 Å². The second-order valence-electron chi connectivity index (χ2n) is 6.30. The first-order chi connectivity index (χ1) is 9.92. The van der Waals surface area contributed by atoms with Gasteiger partial charge in [0.1, 0.15) is 12.4 Å². The van der Waals surface area contributed by atoms with E-state index in [-0.39, 0.29) is 17.7 Å². The first-order valence-corrected chi connectivity index (χ1v) is 7.36. The number of rotatable bonds is 4. The van der Waals surface area contributed by atoms with Crippen LogP contribution in [0, 0.1) is 0 Å². The SMILES string of the molecule is CC(C)(C)NC(=O)Nc1cccc(OCC2CCCO2)c1. The molecular weight excluding hydrogens is 268 g/mol. The highest BCUT2D eigenvalue weighted by atomic mass is 16.5. The standard InChI is InChI=1S/C16H24N2O3/c1-16(2,3)18-15(19)17-12-6-4-7-13(10-12)21-11-14-8-5-9-20-14/h4,6-7,10,14H,5,8-9,11H2,1-3H3,(H2,17,18,19). The second-order valence-corrected chi connectivity index (χ2v) is 6.30. The summed E-state index contributed by atoms with van der Waals surface area (Å²) in [6, 6.07) is 7.16. The Morgan fingerprint density at radius 2 is 2.24 bits per heavy atom. The fraction of sp³-hybridized carbons (Fsp3) is 0.562. The highest BCUT2D eigenvalue weighted by Gasteiger charge is 2.16. The van der Waals surface area contributed by atoms with Crippen LogP contribution in [-0.4, -0.2) is 30.9 Å². The molecule has 1 aromatic rings. The summed E-state index contributed by atoms with van der Waals surface area (Å²) < 4.78 is 11.2. The summed E-state index contributed by atoms with van der Waals surface area (Å²) in [7, 11) is 0. The first-order valence-electron chi connectivity index (χ1n) is 7.36. The molecule has 1 heterocycles. The highest BCUT2D eigenvalue weighted by Crippen LogP contribution is 2.19. The minimum atomic E-state index is -0.266. The van der Waals surface area contributed by atoms with Gasteiger partial charge in [-0.25, -0.2) is 4.79 Å². The normalized spacial score (nSPS) is 18.3. The molecule has 1 fully saturated rings. The molecule has 116 valence electrons. The van der Waals surface area contributed by atoms with Gasteiger partial charge in [-0.1, -0.05) is 6.07 Å². The summed E-state index contributed by atoms with van der Waals surface area (Å²) in [6.45, 7) is 7.19. The van der Waals surface area contributed by atoms with Crippen molar-refractivity contribution in [3.63, 3.8) is 0 Å². The minimum Gasteiger partial charge on any atom is -0.491 e. The fourth-order valence-electron chi connectivity index (χ4n) is 2.13. The number of urea groups is 1. The summed E-state index contributed by atoms with van der Waals surface area (Å²) >= 11 is 0. The molecule has 1 aliphatic heterocycles. The molecule has 0 radical (unpaired) electrons. The van der Waals surface area contributed by atoms with Crippen molar-refractivity contribution >= 4 is 11.7 Å². The van der Waals surface area contributed by atoms with Gasteiger partial charge in [-0.05, 0) is 45.7 Å². The van der Waals surface area contributed by atoms with Crippen LogP contribution in [0.3, 0.4) is 0 Å². The zero-order chi connectivity index (χ0) is 15.3. The molecule has 2 rings (SSSR count). The van der Waals surface area contributed by atoms with Gasteiger partial charge in [0.25, 0.3) is 0 Å². The van der Waals surface area contributed by atoms with Gasteiger partial charge in [0, 0.05) is 23.9 Å². The Kier molecular flexibility index (Phi) is 5.07. The molecule has 5 nitrogen and oxygen atoms in total. The maximum atomic E-state index is 11.8. The van der Waals surface area contributed by atoms with E-state index in [1.165, 1.54) is 0 Å². The van der Waals surface area contributed by atoms with Gasteiger partial charge >= 0.3 is 6.03 Å². The zero-order valence-electron chi connectivity index (χ0n) is 12.9. The van der Waals surface area contributed by atoms with Crippen molar-refractivity contribution in [2.24, 2.45) is 0 Å². The van der Waals surface area contributed by atoms with Crippen molar-refractivity contribution < 1.29 is 14.3 Å². The van der Waals surface area contributed by atoms with Crippen LogP contribution in [0.2, 0.25) is 0 Å². The van der Waals surface area contributed by atoms with Gasteiger partial charge in [-0.2, -0.15) is 0 Å². The number of hydrogen-bond donors (Lipinski definition) is 2. The van der Waals surface area contributed by atoms with Crippen LogP contribution in [0.4, 0.5) is 10.5 Å². The topological polar surface area (TPSA) is 59.6 Å². The summed E-state index contributed by atoms with van der Waals surface area (Å²) in [5, 5.41) is 5.66. The number of hydrogen-bond acceptors (Lipinski definition) is 3. The van der Waals surface area contributed by atoms with E-state index >= 15 is 0 Å². The molecule has 0 bridgehead atoms. The van der Waals surface area contributed by atoms with E-state index in [0.717, 1.165) is 25.2 Å². The number of carbonyl (C=O) groups excluding carboxylic acids is 1. The Balaban J connectivity index is 1.86. The van der Waals surface area contributed by atoms with Gasteiger partial charge in [0.15, 0.2) is 0 Å². The van der Waals surface area contributed by atoms with Crippen LogP contribution >= 0.6 is 0 Å². The van der Waals surface area contributed by atoms with Crippen LogP contribution in [0.25, 0.3) is 0 Å². The summed E-state index contributed by atoms with van der Waals surface area (Å²) in [5.74, 6) is 0.735. The molecule has 0 saturated carbocycles. The molecule has 1 saturated heterocycles. The predicted octanol–water partition coefficient (Wildman–Crippen LogP) is 3.16. The van der Waals surface area contributed by atoms with Gasteiger partial charge in [-0.3, -0.25) is 0 Å². The van der Waals surface area contributed by atoms with Crippen molar-refractivity contribution in [2.45, 2.75) is 45.3 Å². The first kappa shape index (κ1) is 15.6. The molecule has 2 N–H and O–H groups in total. The Bertz CT molecular complexity index is 477. The number of benzene rings is 1. The van der Waals surface area contributed by atoms with Gasteiger partial charge in [-0.15, -0.1) is 0 Å². The third-order valence-corrected chi connectivity index (χ3v) is 3.04. The lowest BCUT2D eigenvalue weighted by atomic mass is 10.1. The Morgan fingerprint density at radius 3 is 2.90 bits per heavy atom. The smallest absolute Gasteiger partial charge is 0.319 e. The van der Waals surface area contributed by atoms with Crippen molar-refractivity contribution in [2.75, 3.05) is 18.5 Å². The highest BCUT2D eigenvalue weighted by molar-refractivity contribution is 5.89. The Labute approximate surface area is 126 Å². The molecule has 21 heavy (non-hydrogen) atoms. The predicted molar refractivity (Wildman–Crippen MR) is 82.8 cm³/mol. The third-order valence-electron chi connectivity index (χ3n) is 3.04. The molecule has 5 heteroatoms. The van der Waals surface area contributed by atoms with E-state index in [1.807, 2.05) is 45.0 Å². The molecule has 1 unspecified atom stereocenters. The molecular formula is C16H24N2O3. The maximum Gasteiger partial charge on any atom is 0.319 e. The maximum absolute atomic E-state index is 11.8. The van der Waals surface area contributed by atoms with Crippen molar-refractivity contribution in [1.82, 2.24) is 5.32 Å². The molecule has 0 aliphatic carbocycles. The van der Waals surface area contributed by atoms with E-state index in [4.69, 9.17) is 9.47 Å². The average molecular weight is 292 g/mol.